The standard InChI is InChI=1S/C55H47ClN4O3/c1-3-37-35-60(34-36-30-45(38-16-8-4-9-17-38)51(62-2)46(31-36)39-18-10-5-11-19-39)29-27-42(37)32-49(60)52(44-26-28-57-48-25-24-43(61)33-47(44)48)63-55-50(40-20-12-6-13-21-40)53(56)58-54(59-55)41-22-14-7-15-23-41/h3-26,28,30-31,33,37,42,49,52H,1,27,29,32,34-35H2,2H3/t37-,42-,49+,52-,60+/m0/s1. The minimum absolute atomic E-state index is 0.0687. The molecule has 3 aliphatic rings. The summed E-state index contributed by atoms with van der Waals surface area (Å²) in [5.74, 6) is 2.33. The van der Waals surface area contributed by atoms with Gasteiger partial charge in [-0.3, -0.25) is 4.98 Å². The average molecular weight is 847 g/mol. The van der Waals surface area contributed by atoms with Crippen LogP contribution in [0.3, 0.4) is 0 Å². The minimum Gasteiger partial charge on any atom is -0.872 e. The Morgan fingerprint density at radius 1 is 0.778 bits per heavy atom. The number of hydrogen-bond donors (Lipinski definition) is 0. The summed E-state index contributed by atoms with van der Waals surface area (Å²) in [4.78, 5) is 14.8. The fourth-order valence-electron chi connectivity index (χ4n) is 10.3. The number of nitrogens with zero attached hydrogens (tertiary/aromatic N) is 4. The van der Waals surface area contributed by atoms with Gasteiger partial charge in [-0.25, -0.2) is 4.98 Å². The number of aromatic nitrogens is 3. The third kappa shape index (κ3) is 7.73. The van der Waals surface area contributed by atoms with Crippen molar-refractivity contribution in [2.45, 2.75) is 31.5 Å². The third-order valence-electron chi connectivity index (χ3n) is 13.3. The van der Waals surface area contributed by atoms with E-state index in [0.717, 1.165) is 92.6 Å². The molecule has 0 unspecified atom stereocenters. The Kier molecular flexibility index (Phi) is 11.0. The van der Waals surface area contributed by atoms with Gasteiger partial charge in [0.2, 0.25) is 5.88 Å². The van der Waals surface area contributed by atoms with Crippen molar-refractivity contribution in [3.05, 3.63) is 193 Å². The van der Waals surface area contributed by atoms with E-state index in [2.05, 4.69) is 73.3 Å². The van der Waals surface area contributed by atoms with Gasteiger partial charge in [-0.05, 0) is 46.9 Å². The van der Waals surface area contributed by atoms with Crippen LogP contribution < -0.4 is 14.6 Å². The van der Waals surface area contributed by atoms with Gasteiger partial charge in [0.05, 0.1) is 31.3 Å². The van der Waals surface area contributed by atoms with E-state index in [4.69, 9.17) is 36.0 Å². The number of rotatable bonds is 12. The van der Waals surface area contributed by atoms with Crippen LogP contribution >= 0.6 is 11.6 Å². The Morgan fingerprint density at radius 2 is 1.40 bits per heavy atom. The van der Waals surface area contributed by atoms with Crippen LogP contribution in [0, 0.1) is 11.8 Å². The van der Waals surface area contributed by atoms with E-state index in [9.17, 15) is 5.11 Å². The molecule has 0 N–H and O–H groups in total. The Balaban J connectivity index is 1.18. The van der Waals surface area contributed by atoms with E-state index in [1.54, 1.807) is 19.2 Å². The summed E-state index contributed by atoms with van der Waals surface area (Å²) < 4.78 is 14.6. The molecule has 63 heavy (non-hydrogen) atoms. The van der Waals surface area contributed by atoms with Crippen molar-refractivity contribution in [2.75, 3.05) is 20.2 Å². The molecule has 11 rings (SSSR count). The van der Waals surface area contributed by atoms with E-state index in [1.807, 2.05) is 91.1 Å². The molecule has 2 bridgehead atoms. The molecule has 0 spiro atoms. The van der Waals surface area contributed by atoms with Crippen molar-refractivity contribution in [3.8, 4) is 62.1 Å². The van der Waals surface area contributed by atoms with Gasteiger partial charge in [-0.2, -0.15) is 4.98 Å². The first-order valence-corrected chi connectivity index (χ1v) is 22.0. The topological polar surface area (TPSA) is 80.2 Å². The lowest BCUT2D eigenvalue weighted by Crippen LogP contribution is -2.68. The Labute approximate surface area is 373 Å². The number of methoxy groups -OCH3 is 1. The lowest BCUT2D eigenvalue weighted by atomic mass is 9.71. The minimum atomic E-state index is -0.566. The van der Waals surface area contributed by atoms with Gasteiger partial charge in [-0.15, -0.1) is 12.3 Å². The highest BCUT2D eigenvalue weighted by molar-refractivity contribution is 6.32. The van der Waals surface area contributed by atoms with E-state index in [1.165, 1.54) is 5.56 Å². The summed E-state index contributed by atoms with van der Waals surface area (Å²) in [6.07, 6.45) is 5.36. The van der Waals surface area contributed by atoms with Crippen LogP contribution in [0.15, 0.2) is 177 Å². The Morgan fingerprint density at radius 3 is 2.02 bits per heavy atom. The van der Waals surface area contributed by atoms with Crippen LogP contribution in [0.25, 0.3) is 55.7 Å². The molecule has 2 aromatic heterocycles. The molecule has 8 heteroatoms. The highest BCUT2D eigenvalue weighted by atomic mass is 35.5. The van der Waals surface area contributed by atoms with Crippen LogP contribution in [0.5, 0.6) is 17.4 Å². The summed E-state index contributed by atoms with van der Waals surface area (Å²) in [7, 11) is 1.76. The van der Waals surface area contributed by atoms with Crippen molar-refractivity contribution < 1.29 is 19.1 Å². The van der Waals surface area contributed by atoms with Crippen LogP contribution in [-0.4, -0.2) is 45.7 Å². The Hall–Kier alpha value is -6.80. The van der Waals surface area contributed by atoms with E-state index < -0.39 is 6.10 Å². The molecule has 8 aromatic rings. The van der Waals surface area contributed by atoms with E-state index >= 15 is 0 Å². The second-order valence-corrected chi connectivity index (χ2v) is 17.2. The van der Waals surface area contributed by atoms with Gasteiger partial charge >= 0.3 is 0 Å². The van der Waals surface area contributed by atoms with Crippen LogP contribution in [0.1, 0.15) is 30.1 Å². The van der Waals surface area contributed by atoms with Crippen molar-refractivity contribution >= 4 is 22.5 Å². The molecular formula is C55H47ClN4O3. The molecule has 0 saturated carbocycles. The SMILES string of the molecule is C=C[C@H]1C[N@+]2(Cc3cc(-c4ccccc4)c(OC)c(-c4ccccc4)c3)CC[C@H]1C[C@@H]2[C@@H](Oc1nc(-c2ccccc2)nc(Cl)c1-c1ccccc1)c1ccnc2ccc([O-])cc12. The number of fused-ring (bicyclic) bond motifs is 4. The molecule has 3 saturated heterocycles. The van der Waals surface area contributed by atoms with Gasteiger partial charge in [0.15, 0.2) is 11.9 Å². The zero-order chi connectivity index (χ0) is 42.9. The second-order valence-electron chi connectivity index (χ2n) is 16.9. The largest absolute Gasteiger partial charge is 0.872 e. The summed E-state index contributed by atoms with van der Waals surface area (Å²) in [6, 6.07) is 52.5. The lowest BCUT2D eigenvalue weighted by molar-refractivity contribution is -0.984. The van der Waals surface area contributed by atoms with Crippen molar-refractivity contribution in [1.82, 2.24) is 15.0 Å². The molecule has 0 amide bonds. The van der Waals surface area contributed by atoms with Gasteiger partial charge in [-0.1, -0.05) is 151 Å². The number of hydrogen-bond acceptors (Lipinski definition) is 6. The number of ether oxygens (including phenoxy) is 2. The predicted molar refractivity (Wildman–Crippen MR) is 250 cm³/mol. The van der Waals surface area contributed by atoms with Crippen molar-refractivity contribution in [2.24, 2.45) is 11.8 Å². The Bertz CT molecular complexity index is 2850. The summed E-state index contributed by atoms with van der Waals surface area (Å²) in [6.45, 7) is 6.93. The summed E-state index contributed by atoms with van der Waals surface area (Å²) in [5, 5.41) is 14.3. The van der Waals surface area contributed by atoms with Crippen LogP contribution in [0.2, 0.25) is 5.15 Å². The third-order valence-corrected chi connectivity index (χ3v) is 13.5. The lowest BCUT2D eigenvalue weighted by Gasteiger charge is -2.58. The molecule has 3 aliphatic heterocycles. The van der Waals surface area contributed by atoms with E-state index in [0.29, 0.717) is 34.3 Å². The molecule has 5 atom stereocenters. The summed E-state index contributed by atoms with van der Waals surface area (Å²) >= 11 is 7.23. The number of quaternary nitrogens is 1. The summed E-state index contributed by atoms with van der Waals surface area (Å²) in [5.41, 5.74) is 9.38. The van der Waals surface area contributed by atoms with E-state index in [-0.39, 0.29) is 11.8 Å². The van der Waals surface area contributed by atoms with Crippen LogP contribution in [0.4, 0.5) is 0 Å². The fraction of sp³-hybridized carbons (Fsp3) is 0.182. The number of pyridine rings is 1. The maximum atomic E-state index is 13.2. The zero-order valence-corrected chi connectivity index (χ0v) is 35.9. The monoisotopic (exact) mass is 846 g/mol. The first kappa shape index (κ1) is 40.3. The normalized spacial score (nSPS) is 19.7. The smallest absolute Gasteiger partial charge is 0.227 e. The predicted octanol–water partition coefficient (Wildman–Crippen LogP) is 12.2. The van der Waals surface area contributed by atoms with Gasteiger partial charge in [0, 0.05) is 58.2 Å². The second kappa shape index (κ2) is 17.2. The average Bonchev–Trinajstić information content (AvgIpc) is 3.33. The molecule has 7 nitrogen and oxygen atoms in total. The maximum Gasteiger partial charge on any atom is 0.227 e. The molecule has 0 aliphatic carbocycles. The van der Waals surface area contributed by atoms with Gasteiger partial charge in [0.1, 0.15) is 23.5 Å². The highest BCUT2D eigenvalue weighted by Crippen LogP contribution is 2.51. The number of halogens is 1. The molecule has 3 fully saturated rings. The van der Waals surface area contributed by atoms with Gasteiger partial charge < -0.3 is 19.1 Å². The maximum absolute atomic E-state index is 13.2. The van der Waals surface area contributed by atoms with Crippen molar-refractivity contribution in [1.29, 1.82) is 0 Å². The number of piperidine rings is 3. The van der Waals surface area contributed by atoms with Crippen LogP contribution in [-0.2, 0) is 6.54 Å². The first-order valence-electron chi connectivity index (χ1n) is 21.6. The fourth-order valence-corrected chi connectivity index (χ4v) is 10.6. The number of benzene rings is 6. The van der Waals surface area contributed by atoms with Crippen molar-refractivity contribution in [3.63, 3.8) is 0 Å². The molecule has 5 heterocycles. The first-order chi connectivity index (χ1) is 30.9. The molecule has 0 radical (unpaired) electrons. The highest BCUT2D eigenvalue weighted by Gasteiger charge is 2.55. The molecule has 6 aromatic carbocycles. The zero-order valence-electron chi connectivity index (χ0n) is 35.1. The molecule has 312 valence electrons. The van der Waals surface area contributed by atoms with Gasteiger partial charge in [0.25, 0.3) is 0 Å². The molecular weight excluding hydrogens is 800 g/mol. The quantitative estimate of drug-likeness (QED) is 0.0692.